The molecule has 4 heterocycles. The Bertz CT molecular complexity index is 888. The number of aryl methyl sites for hydroxylation is 3. The second-order valence-corrected chi connectivity index (χ2v) is 6.79. The van der Waals surface area contributed by atoms with Gasteiger partial charge in [-0.3, -0.25) is 9.88 Å². The van der Waals surface area contributed by atoms with Gasteiger partial charge in [0.15, 0.2) is 5.82 Å². The van der Waals surface area contributed by atoms with Crippen molar-refractivity contribution in [2.24, 2.45) is 7.05 Å². The van der Waals surface area contributed by atoms with Gasteiger partial charge in [-0.25, -0.2) is 14.6 Å². The van der Waals surface area contributed by atoms with Gasteiger partial charge in [0.2, 0.25) is 0 Å². The third kappa shape index (κ3) is 3.32. The maximum absolute atomic E-state index is 4.78. The summed E-state index contributed by atoms with van der Waals surface area (Å²) in [5.74, 6) is 2.78. The molecule has 1 saturated heterocycles. The maximum Gasteiger partial charge on any atom is 0.174 e. The predicted octanol–water partition coefficient (Wildman–Crippen LogP) is 1.33. The fourth-order valence-corrected chi connectivity index (χ4v) is 3.34. The van der Waals surface area contributed by atoms with Crippen LogP contribution in [0, 0.1) is 13.8 Å². The standard InChI is InChI=1S/C18H24N8/c1-14-10-15(2)26(22-14)17-12-19-11-16(21-17)25-8-6-24(7-9-25)13-18-20-4-5-23(18)3/h4-5,10-12H,6-9,13H2,1-3H3. The number of nitrogens with zero attached hydrogens (tertiary/aromatic N) is 8. The fourth-order valence-electron chi connectivity index (χ4n) is 3.34. The second kappa shape index (κ2) is 6.87. The minimum Gasteiger partial charge on any atom is -0.353 e. The van der Waals surface area contributed by atoms with Crippen LogP contribution in [-0.4, -0.2) is 60.4 Å². The zero-order valence-corrected chi connectivity index (χ0v) is 15.5. The molecule has 8 heteroatoms. The third-order valence-electron chi connectivity index (χ3n) is 4.82. The average Bonchev–Trinajstić information content (AvgIpc) is 3.20. The molecule has 1 aliphatic rings. The molecular formula is C18H24N8. The van der Waals surface area contributed by atoms with Crippen LogP contribution in [0.5, 0.6) is 0 Å². The van der Waals surface area contributed by atoms with Gasteiger partial charge in [0.1, 0.15) is 11.6 Å². The van der Waals surface area contributed by atoms with Gasteiger partial charge in [-0.2, -0.15) is 5.10 Å². The molecule has 26 heavy (non-hydrogen) atoms. The Balaban J connectivity index is 1.44. The molecule has 1 fully saturated rings. The lowest BCUT2D eigenvalue weighted by atomic mass is 10.3. The van der Waals surface area contributed by atoms with Crippen molar-refractivity contribution in [2.45, 2.75) is 20.4 Å². The van der Waals surface area contributed by atoms with Crippen LogP contribution in [0.4, 0.5) is 5.82 Å². The molecule has 0 bridgehead atoms. The highest BCUT2D eigenvalue weighted by molar-refractivity contribution is 5.40. The van der Waals surface area contributed by atoms with Crippen molar-refractivity contribution in [2.75, 3.05) is 31.1 Å². The van der Waals surface area contributed by atoms with Crippen molar-refractivity contribution in [3.05, 3.63) is 48.1 Å². The van der Waals surface area contributed by atoms with Crippen molar-refractivity contribution in [3.8, 4) is 5.82 Å². The van der Waals surface area contributed by atoms with Crippen LogP contribution in [0.15, 0.2) is 30.9 Å². The molecule has 4 rings (SSSR count). The van der Waals surface area contributed by atoms with Gasteiger partial charge in [0.25, 0.3) is 0 Å². The first kappa shape index (κ1) is 16.7. The molecular weight excluding hydrogens is 328 g/mol. The summed E-state index contributed by atoms with van der Waals surface area (Å²) in [7, 11) is 2.04. The van der Waals surface area contributed by atoms with E-state index in [1.165, 1.54) is 0 Å². The lowest BCUT2D eigenvalue weighted by molar-refractivity contribution is 0.241. The topological polar surface area (TPSA) is 67.9 Å². The first-order valence-electron chi connectivity index (χ1n) is 8.89. The number of imidazole rings is 1. The first-order chi connectivity index (χ1) is 12.6. The highest BCUT2D eigenvalue weighted by Crippen LogP contribution is 2.16. The maximum atomic E-state index is 4.78. The van der Waals surface area contributed by atoms with Gasteiger partial charge in [0.05, 0.1) is 24.6 Å². The summed E-state index contributed by atoms with van der Waals surface area (Å²) in [6, 6.07) is 2.05. The Labute approximate surface area is 153 Å². The van der Waals surface area contributed by atoms with E-state index in [1.54, 1.807) is 6.20 Å². The molecule has 0 spiro atoms. The number of piperazine rings is 1. The highest BCUT2D eigenvalue weighted by Gasteiger charge is 2.20. The van der Waals surface area contributed by atoms with E-state index in [2.05, 4.69) is 29.4 Å². The zero-order valence-electron chi connectivity index (χ0n) is 15.5. The molecule has 0 N–H and O–H groups in total. The normalized spacial score (nSPS) is 15.6. The summed E-state index contributed by atoms with van der Waals surface area (Å²) < 4.78 is 3.93. The Morgan fingerprint density at radius 2 is 1.81 bits per heavy atom. The molecule has 0 aromatic carbocycles. The average molecular weight is 352 g/mol. The summed E-state index contributed by atoms with van der Waals surface area (Å²) >= 11 is 0. The largest absolute Gasteiger partial charge is 0.353 e. The quantitative estimate of drug-likeness (QED) is 0.706. The van der Waals surface area contributed by atoms with Crippen LogP contribution in [-0.2, 0) is 13.6 Å². The van der Waals surface area contributed by atoms with Crippen LogP contribution in [0.1, 0.15) is 17.2 Å². The van der Waals surface area contributed by atoms with Crippen molar-refractivity contribution in [1.29, 1.82) is 0 Å². The van der Waals surface area contributed by atoms with Crippen LogP contribution in [0.3, 0.4) is 0 Å². The molecule has 3 aromatic rings. The van der Waals surface area contributed by atoms with Crippen LogP contribution in [0.2, 0.25) is 0 Å². The van der Waals surface area contributed by atoms with E-state index in [-0.39, 0.29) is 0 Å². The van der Waals surface area contributed by atoms with E-state index in [1.807, 2.05) is 50.2 Å². The SMILES string of the molecule is Cc1cc(C)n(-c2cncc(N3CCN(Cc4nccn4C)CC3)n2)n1. The number of rotatable bonds is 4. The van der Waals surface area contributed by atoms with E-state index < -0.39 is 0 Å². The molecule has 8 nitrogen and oxygen atoms in total. The van der Waals surface area contributed by atoms with E-state index in [9.17, 15) is 0 Å². The van der Waals surface area contributed by atoms with E-state index in [4.69, 9.17) is 4.98 Å². The second-order valence-electron chi connectivity index (χ2n) is 6.79. The monoisotopic (exact) mass is 352 g/mol. The lowest BCUT2D eigenvalue weighted by Crippen LogP contribution is -2.46. The summed E-state index contributed by atoms with van der Waals surface area (Å²) in [6.45, 7) is 8.73. The van der Waals surface area contributed by atoms with Gasteiger partial charge in [-0.05, 0) is 19.9 Å². The summed E-state index contributed by atoms with van der Waals surface area (Å²) in [4.78, 5) is 18.3. The van der Waals surface area contributed by atoms with E-state index in [0.29, 0.717) is 0 Å². The molecule has 0 unspecified atom stereocenters. The Hall–Kier alpha value is -2.74. The summed E-state index contributed by atoms with van der Waals surface area (Å²) in [5.41, 5.74) is 2.05. The molecule has 1 aliphatic heterocycles. The molecule has 0 atom stereocenters. The van der Waals surface area contributed by atoms with E-state index in [0.717, 1.165) is 61.6 Å². The first-order valence-corrected chi connectivity index (χ1v) is 8.89. The number of aromatic nitrogens is 6. The smallest absolute Gasteiger partial charge is 0.174 e. The molecule has 0 saturated carbocycles. The molecule has 0 radical (unpaired) electrons. The molecule has 0 amide bonds. The Morgan fingerprint density at radius 1 is 1.04 bits per heavy atom. The predicted molar refractivity (Wildman–Crippen MR) is 99.3 cm³/mol. The van der Waals surface area contributed by atoms with E-state index >= 15 is 0 Å². The Kier molecular flexibility index (Phi) is 4.42. The summed E-state index contributed by atoms with van der Waals surface area (Å²) in [5, 5.41) is 4.51. The summed E-state index contributed by atoms with van der Waals surface area (Å²) in [6.07, 6.45) is 7.45. The minimum absolute atomic E-state index is 0.767. The van der Waals surface area contributed by atoms with Crippen molar-refractivity contribution >= 4 is 5.82 Å². The molecule has 3 aromatic heterocycles. The lowest BCUT2D eigenvalue weighted by Gasteiger charge is -2.35. The van der Waals surface area contributed by atoms with Gasteiger partial charge in [0, 0.05) is 51.3 Å². The van der Waals surface area contributed by atoms with Crippen molar-refractivity contribution in [1.82, 2.24) is 34.2 Å². The molecule has 0 aliphatic carbocycles. The zero-order chi connectivity index (χ0) is 18.1. The number of anilines is 1. The van der Waals surface area contributed by atoms with Crippen LogP contribution >= 0.6 is 0 Å². The minimum atomic E-state index is 0.767. The fraction of sp³-hybridized carbons (Fsp3) is 0.444. The van der Waals surface area contributed by atoms with Gasteiger partial charge in [-0.1, -0.05) is 0 Å². The van der Waals surface area contributed by atoms with Gasteiger partial charge >= 0.3 is 0 Å². The third-order valence-corrected chi connectivity index (χ3v) is 4.82. The number of hydrogen-bond donors (Lipinski definition) is 0. The van der Waals surface area contributed by atoms with Crippen LogP contribution < -0.4 is 4.90 Å². The highest BCUT2D eigenvalue weighted by atomic mass is 15.3. The van der Waals surface area contributed by atoms with Crippen molar-refractivity contribution < 1.29 is 0 Å². The molecule has 136 valence electrons. The number of hydrogen-bond acceptors (Lipinski definition) is 6. The van der Waals surface area contributed by atoms with Crippen molar-refractivity contribution in [3.63, 3.8) is 0 Å². The van der Waals surface area contributed by atoms with Gasteiger partial charge in [-0.15, -0.1) is 0 Å². The Morgan fingerprint density at radius 3 is 2.46 bits per heavy atom. The van der Waals surface area contributed by atoms with Crippen LogP contribution in [0.25, 0.3) is 5.82 Å². The van der Waals surface area contributed by atoms with Gasteiger partial charge < -0.3 is 9.47 Å².